The first-order valence-corrected chi connectivity index (χ1v) is 16.1. The summed E-state index contributed by atoms with van der Waals surface area (Å²) in [5.41, 5.74) is -0.587. The number of hydrogen-bond donors (Lipinski definition) is 0. The Morgan fingerprint density at radius 3 is 2.62 bits per heavy atom. The van der Waals surface area contributed by atoms with Crippen LogP contribution in [0.2, 0.25) is 0 Å². The van der Waals surface area contributed by atoms with Crippen LogP contribution in [0.5, 0.6) is 0 Å². The zero-order valence-corrected chi connectivity index (χ0v) is 25.9. The van der Waals surface area contributed by atoms with Gasteiger partial charge in [0.2, 0.25) is 5.91 Å². The highest BCUT2D eigenvalue weighted by Gasteiger charge is 2.52. The normalized spacial score (nSPS) is 28.4. The van der Waals surface area contributed by atoms with E-state index >= 15 is 0 Å². The standard InChI is InChI=1S/C34H42F3N3O5/c1-22(2)33(32(41)38-11-9-30-26(19-38)14-28(34(35,36)37)15-31(30)40(42)43)10-8-29(16-33)39-17-24-12-25(18-39)27(13-24)21-45-44-20-23-6-4-3-5-7-23/h3-7,14-15,22,24-25,27,29H,8-13,16-21H2,1-2H3/t24?,25?,27?,29-,33+/m1/s1. The van der Waals surface area contributed by atoms with E-state index in [-0.39, 0.29) is 42.9 Å². The zero-order valence-electron chi connectivity index (χ0n) is 25.9. The molecule has 1 saturated heterocycles. The molecule has 0 spiro atoms. The van der Waals surface area contributed by atoms with Gasteiger partial charge >= 0.3 is 6.18 Å². The monoisotopic (exact) mass is 629 g/mol. The second kappa shape index (κ2) is 12.6. The molecule has 0 N–H and O–H groups in total. The molecule has 2 aliphatic carbocycles. The first-order valence-electron chi connectivity index (χ1n) is 16.1. The molecule has 11 heteroatoms. The highest BCUT2D eigenvalue weighted by atomic mass is 19.4. The van der Waals surface area contributed by atoms with Crippen LogP contribution in [0.1, 0.15) is 68.2 Å². The molecule has 2 bridgehead atoms. The summed E-state index contributed by atoms with van der Waals surface area (Å²) in [5.74, 6) is 1.57. The minimum absolute atomic E-state index is 0.0347. The molecule has 6 rings (SSSR count). The summed E-state index contributed by atoms with van der Waals surface area (Å²) in [7, 11) is 0. The van der Waals surface area contributed by atoms with Crippen molar-refractivity contribution in [2.75, 3.05) is 26.2 Å². The average molecular weight is 630 g/mol. The number of nitro benzene ring substituents is 1. The fourth-order valence-corrected chi connectivity index (χ4v) is 8.56. The molecule has 0 aromatic heterocycles. The van der Waals surface area contributed by atoms with E-state index in [2.05, 4.69) is 18.7 Å². The molecule has 2 heterocycles. The molecule has 2 aromatic carbocycles. The van der Waals surface area contributed by atoms with Crippen molar-refractivity contribution in [2.24, 2.45) is 29.1 Å². The summed E-state index contributed by atoms with van der Waals surface area (Å²) in [6.07, 6.45) is 0.0971. The van der Waals surface area contributed by atoms with Crippen molar-refractivity contribution in [1.29, 1.82) is 0 Å². The molecule has 45 heavy (non-hydrogen) atoms. The summed E-state index contributed by atoms with van der Waals surface area (Å²) in [6.45, 7) is 7.32. The SMILES string of the molecule is CC(C)[C@]1(C(=O)N2CCc3c(cc(C(F)(F)F)cc3[N+](=O)[O-])C2)CC[C@@H](N2CC3CC(COOCc4ccccc4)C(C3)C2)C1. The Bertz CT molecular complexity index is 1400. The van der Waals surface area contributed by atoms with E-state index in [4.69, 9.17) is 9.78 Å². The van der Waals surface area contributed by atoms with Crippen molar-refractivity contribution in [3.05, 3.63) is 74.8 Å². The topological polar surface area (TPSA) is 85.2 Å². The number of carbonyl (C=O) groups excluding carboxylic acids is 1. The number of likely N-dealkylation sites (tertiary alicyclic amines) is 1. The van der Waals surface area contributed by atoms with Crippen molar-refractivity contribution in [2.45, 2.75) is 77.7 Å². The van der Waals surface area contributed by atoms with Crippen molar-refractivity contribution in [3.63, 3.8) is 0 Å². The summed E-state index contributed by atoms with van der Waals surface area (Å²) in [4.78, 5) is 40.5. The van der Waals surface area contributed by atoms with Gasteiger partial charge in [0.25, 0.3) is 5.69 Å². The van der Waals surface area contributed by atoms with Crippen LogP contribution in [0.3, 0.4) is 0 Å². The first-order chi connectivity index (χ1) is 21.4. The smallest absolute Gasteiger partial charge is 0.338 e. The lowest BCUT2D eigenvalue weighted by Crippen LogP contribution is -2.49. The molecule has 4 aliphatic rings. The van der Waals surface area contributed by atoms with Crippen LogP contribution in [0, 0.1) is 39.2 Å². The van der Waals surface area contributed by atoms with Gasteiger partial charge in [-0.15, -0.1) is 0 Å². The van der Waals surface area contributed by atoms with Crippen LogP contribution < -0.4 is 0 Å². The Morgan fingerprint density at radius 1 is 1.13 bits per heavy atom. The molecule has 2 aromatic rings. The number of halogens is 3. The van der Waals surface area contributed by atoms with Gasteiger partial charge in [0, 0.05) is 43.9 Å². The molecule has 1 amide bonds. The second-order valence-electron chi connectivity index (χ2n) is 13.9. The summed E-state index contributed by atoms with van der Waals surface area (Å²) in [5, 5.41) is 11.6. The van der Waals surface area contributed by atoms with Gasteiger partial charge < -0.3 is 4.90 Å². The van der Waals surface area contributed by atoms with E-state index in [9.17, 15) is 28.1 Å². The third-order valence-corrected chi connectivity index (χ3v) is 11.0. The van der Waals surface area contributed by atoms with E-state index in [0.717, 1.165) is 50.4 Å². The average Bonchev–Trinajstić information content (AvgIpc) is 3.59. The third kappa shape index (κ3) is 6.49. The van der Waals surface area contributed by atoms with Crippen molar-refractivity contribution in [1.82, 2.24) is 9.80 Å². The van der Waals surface area contributed by atoms with Crippen LogP contribution >= 0.6 is 0 Å². The van der Waals surface area contributed by atoms with E-state index < -0.39 is 27.8 Å². The van der Waals surface area contributed by atoms with Gasteiger partial charge in [-0.3, -0.25) is 19.8 Å². The van der Waals surface area contributed by atoms with Crippen LogP contribution in [0.4, 0.5) is 18.9 Å². The second-order valence-corrected chi connectivity index (χ2v) is 13.9. The molecule has 3 fully saturated rings. The minimum Gasteiger partial charge on any atom is -0.338 e. The van der Waals surface area contributed by atoms with E-state index in [0.29, 0.717) is 42.6 Å². The van der Waals surface area contributed by atoms with Crippen molar-refractivity contribution >= 4 is 11.6 Å². The Balaban J connectivity index is 1.10. The molecule has 2 saturated carbocycles. The highest BCUT2D eigenvalue weighted by molar-refractivity contribution is 5.84. The van der Waals surface area contributed by atoms with Crippen LogP contribution in [-0.2, 0) is 40.3 Å². The fourth-order valence-electron chi connectivity index (χ4n) is 8.56. The number of benzene rings is 2. The minimum atomic E-state index is -4.71. The number of hydrogen-bond acceptors (Lipinski definition) is 6. The highest BCUT2D eigenvalue weighted by Crippen LogP contribution is 2.51. The number of alkyl halides is 3. The molecule has 2 aliphatic heterocycles. The maximum absolute atomic E-state index is 14.3. The number of nitro groups is 1. The molecule has 3 unspecified atom stereocenters. The van der Waals surface area contributed by atoms with Gasteiger partial charge in [-0.05, 0) is 79.4 Å². The van der Waals surface area contributed by atoms with Crippen LogP contribution in [0.25, 0.3) is 0 Å². The van der Waals surface area contributed by atoms with Crippen LogP contribution in [0.15, 0.2) is 42.5 Å². The lowest BCUT2D eigenvalue weighted by atomic mass is 9.73. The Hall–Kier alpha value is -3.02. The van der Waals surface area contributed by atoms with Crippen LogP contribution in [-0.4, -0.2) is 52.9 Å². The van der Waals surface area contributed by atoms with Gasteiger partial charge in [-0.25, -0.2) is 9.78 Å². The maximum Gasteiger partial charge on any atom is 0.416 e. The quantitative estimate of drug-likeness (QED) is 0.131. The lowest BCUT2D eigenvalue weighted by Gasteiger charge is -2.41. The third-order valence-electron chi connectivity index (χ3n) is 11.0. The Morgan fingerprint density at radius 2 is 1.91 bits per heavy atom. The molecular weight excluding hydrogens is 587 g/mol. The van der Waals surface area contributed by atoms with Gasteiger partial charge in [0.15, 0.2) is 0 Å². The van der Waals surface area contributed by atoms with Gasteiger partial charge in [-0.1, -0.05) is 44.2 Å². The lowest BCUT2D eigenvalue weighted by molar-refractivity contribution is -0.385. The van der Waals surface area contributed by atoms with Crippen molar-refractivity contribution in [3.8, 4) is 0 Å². The van der Waals surface area contributed by atoms with Gasteiger partial charge in [0.05, 0.1) is 22.5 Å². The number of amides is 1. The predicted molar refractivity (Wildman–Crippen MR) is 161 cm³/mol. The number of rotatable bonds is 9. The number of carbonyl (C=O) groups is 1. The maximum atomic E-state index is 14.3. The molecule has 8 nitrogen and oxygen atoms in total. The predicted octanol–water partition coefficient (Wildman–Crippen LogP) is 6.80. The van der Waals surface area contributed by atoms with Gasteiger partial charge in [0.1, 0.15) is 6.61 Å². The van der Waals surface area contributed by atoms with E-state index in [1.807, 2.05) is 30.3 Å². The van der Waals surface area contributed by atoms with E-state index in [1.54, 1.807) is 4.90 Å². The number of fused-ring (bicyclic) bond motifs is 3. The largest absolute Gasteiger partial charge is 0.416 e. The zero-order chi connectivity index (χ0) is 31.9. The fraction of sp³-hybridized carbons (Fsp3) is 0.618. The van der Waals surface area contributed by atoms with E-state index in [1.165, 1.54) is 6.42 Å². The molecule has 0 radical (unpaired) electrons. The Labute approximate surface area is 261 Å². The van der Waals surface area contributed by atoms with Gasteiger partial charge in [-0.2, -0.15) is 13.2 Å². The first kappa shape index (κ1) is 31.9. The summed E-state index contributed by atoms with van der Waals surface area (Å²) >= 11 is 0. The number of piperidine rings is 1. The summed E-state index contributed by atoms with van der Waals surface area (Å²) < 4.78 is 40.8. The molecule has 5 atom stereocenters. The Kier molecular flexibility index (Phi) is 8.97. The molecular formula is C34H42F3N3O5. The summed E-state index contributed by atoms with van der Waals surface area (Å²) in [6, 6.07) is 11.8. The molecule has 244 valence electrons. The van der Waals surface area contributed by atoms with Crippen molar-refractivity contribution < 1.29 is 32.7 Å². The number of nitrogens with zero attached hydrogens (tertiary/aromatic N) is 3.